The number of nitrogens with zero attached hydrogens (tertiary/aromatic N) is 3. The van der Waals surface area contributed by atoms with Crippen LogP contribution in [0, 0.1) is 0 Å². The molecule has 228 valence electrons. The molecular formula is C28H19F5N4O7. The Morgan fingerprint density at radius 1 is 1.05 bits per heavy atom. The van der Waals surface area contributed by atoms with Gasteiger partial charge in [0.2, 0.25) is 0 Å². The molecule has 1 atom stereocenters. The highest BCUT2D eigenvalue weighted by molar-refractivity contribution is 5.94. The molecule has 4 aromatic rings. The van der Waals surface area contributed by atoms with Crippen LogP contribution in [0.3, 0.4) is 0 Å². The summed E-state index contributed by atoms with van der Waals surface area (Å²) in [5, 5.41) is 15.8. The van der Waals surface area contributed by atoms with Crippen molar-refractivity contribution in [3.8, 4) is 17.2 Å². The number of ether oxygens (including phenoxy) is 3. The van der Waals surface area contributed by atoms with Crippen molar-refractivity contribution in [1.82, 2.24) is 19.7 Å². The summed E-state index contributed by atoms with van der Waals surface area (Å²) in [7, 11) is 0. The van der Waals surface area contributed by atoms with Gasteiger partial charge < -0.3 is 29.2 Å². The zero-order chi connectivity index (χ0) is 31.4. The number of aromatic nitrogens is 3. The van der Waals surface area contributed by atoms with Crippen LogP contribution >= 0.6 is 0 Å². The van der Waals surface area contributed by atoms with E-state index >= 15 is 0 Å². The Morgan fingerprint density at radius 3 is 2.57 bits per heavy atom. The number of alkyl halides is 5. The lowest BCUT2D eigenvalue weighted by atomic mass is 10.0. The van der Waals surface area contributed by atoms with Crippen molar-refractivity contribution in [2.24, 2.45) is 0 Å². The summed E-state index contributed by atoms with van der Waals surface area (Å²) in [5.74, 6) is -2.37. The minimum Gasteiger partial charge on any atom is -0.478 e. The van der Waals surface area contributed by atoms with Crippen LogP contribution in [-0.2, 0) is 24.1 Å². The molecule has 0 spiro atoms. The molecule has 4 heterocycles. The Bertz CT molecular complexity index is 1870. The second kappa shape index (κ2) is 10.5. The Labute approximate surface area is 243 Å². The molecule has 2 N–H and O–H groups in total. The lowest BCUT2D eigenvalue weighted by molar-refractivity contribution is -0.286. The number of benzene rings is 2. The molecule has 0 fully saturated rings. The highest BCUT2D eigenvalue weighted by atomic mass is 19.4. The van der Waals surface area contributed by atoms with Crippen LogP contribution < -0.4 is 20.3 Å². The van der Waals surface area contributed by atoms with E-state index < -0.39 is 48.2 Å². The van der Waals surface area contributed by atoms with E-state index in [2.05, 4.69) is 19.9 Å². The number of carbonyl (C=O) groups is 2. The lowest BCUT2D eigenvalue weighted by Crippen LogP contribution is -2.33. The summed E-state index contributed by atoms with van der Waals surface area (Å²) < 4.78 is 84.9. The number of pyridine rings is 1. The van der Waals surface area contributed by atoms with Crippen LogP contribution in [0.5, 0.6) is 11.5 Å². The van der Waals surface area contributed by atoms with Gasteiger partial charge >= 0.3 is 18.4 Å². The van der Waals surface area contributed by atoms with Crippen LogP contribution in [0.4, 0.5) is 22.0 Å². The van der Waals surface area contributed by atoms with Gasteiger partial charge in [0, 0.05) is 29.9 Å². The van der Waals surface area contributed by atoms with Crippen molar-refractivity contribution >= 4 is 11.9 Å². The van der Waals surface area contributed by atoms with Gasteiger partial charge in [0.25, 0.3) is 11.5 Å². The molecule has 6 rings (SSSR count). The number of rotatable bonds is 6. The number of hydrogen-bond donors (Lipinski definition) is 2. The van der Waals surface area contributed by atoms with Crippen molar-refractivity contribution in [1.29, 1.82) is 0 Å². The number of amides is 1. The first kappa shape index (κ1) is 28.9. The van der Waals surface area contributed by atoms with E-state index in [0.29, 0.717) is 5.56 Å². The van der Waals surface area contributed by atoms with E-state index in [1.54, 1.807) is 0 Å². The monoisotopic (exact) mass is 618 g/mol. The number of hydrogen-bond acceptors (Lipinski definition) is 7. The predicted molar refractivity (Wildman–Crippen MR) is 138 cm³/mol. The molecule has 44 heavy (non-hydrogen) atoms. The maximum absolute atomic E-state index is 14.1. The number of fused-ring (bicyclic) bond motifs is 2. The number of aromatic carboxylic acids is 1. The molecule has 0 saturated carbocycles. The second-order valence-electron chi connectivity index (χ2n) is 9.80. The first-order chi connectivity index (χ1) is 20.8. The molecule has 0 saturated heterocycles. The quantitative estimate of drug-likeness (QED) is 0.309. The van der Waals surface area contributed by atoms with Crippen LogP contribution in [0.2, 0.25) is 0 Å². The van der Waals surface area contributed by atoms with E-state index in [1.165, 1.54) is 42.5 Å². The van der Waals surface area contributed by atoms with E-state index in [1.807, 2.05) is 0 Å². The van der Waals surface area contributed by atoms with Gasteiger partial charge in [-0.05, 0) is 42.0 Å². The van der Waals surface area contributed by atoms with Crippen molar-refractivity contribution in [2.45, 2.75) is 31.7 Å². The topological polar surface area (TPSA) is 134 Å². The van der Waals surface area contributed by atoms with Gasteiger partial charge in [-0.1, -0.05) is 12.1 Å². The minimum absolute atomic E-state index is 0.0289. The molecule has 0 aliphatic carbocycles. The van der Waals surface area contributed by atoms with Gasteiger partial charge in [0.05, 0.1) is 30.2 Å². The van der Waals surface area contributed by atoms with Crippen molar-refractivity contribution in [2.75, 3.05) is 6.61 Å². The van der Waals surface area contributed by atoms with Gasteiger partial charge in [-0.25, -0.2) is 9.48 Å². The Kier molecular flexibility index (Phi) is 6.87. The molecule has 2 aromatic heterocycles. The maximum Gasteiger partial charge on any atom is 0.586 e. The van der Waals surface area contributed by atoms with Gasteiger partial charge in [-0.2, -0.15) is 18.3 Å². The third-order valence-corrected chi connectivity index (χ3v) is 6.92. The molecule has 2 aliphatic rings. The number of carbonyl (C=O) groups excluding carboxylic acids is 1. The second-order valence-corrected chi connectivity index (χ2v) is 9.80. The average Bonchev–Trinajstić information content (AvgIpc) is 3.52. The smallest absolute Gasteiger partial charge is 0.478 e. The van der Waals surface area contributed by atoms with Crippen LogP contribution in [-0.4, -0.2) is 44.2 Å². The van der Waals surface area contributed by atoms with Crippen LogP contribution in [0.15, 0.2) is 65.6 Å². The van der Waals surface area contributed by atoms with E-state index in [4.69, 9.17) is 4.74 Å². The third-order valence-electron chi connectivity index (χ3n) is 6.92. The predicted octanol–water partition coefficient (Wildman–Crippen LogP) is 4.12. The van der Waals surface area contributed by atoms with Crippen molar-refractivity contribution in [3.05, 3.63) is 105 Å². The highest BCUT2D eigenvalue weighted by Crippen LogP contribution is 2.41. The number of carboxylic acid groups (broad SMARTS) is 1. The standard InChI is InChI=1S/C28H19F5N4O7/c29-27(30,31)24-18-12-42-13-19(36-11-16(26(40)41)5-7-22(36)38)23(18)37(35-24)17-3-1-2-15(9-17)25(39)34-10-14-4-6-20-21(8-14)44-28(32,33)43-20/h1-9,11,19H,10,12-13H2,(H,34,39)(H,40,41). The first-order valence-corrected chi connectivity index (χ1v) is 12.8. The fraction of sp³-hybridized carbons (Fsp3) is 0.214. The summed E-state index contributed by atoms with van der Waals surface area (Å²) in [4.78, 5) is 37.3. The summed E-state index contributed by atoms with van der Waals surface area (Å²) in [6.45, 7) is -0.848. The zero-order valence-corrected chi connectivity index (χ0v) is 22.1. The van der Waals surface area contributed by atoms with Gasteiger partial charge in [-0.3, -0.25) is 9.59 Å². The van der Waals surface area contributed by atoms with E-state index in [-0.39, 0.29) is 52.7 Å². The summed E-state index contributed by atoms with van der Waals surface area (Å²) in [5.41, 5.74) is -2.14. The number of carboxylic acids is 1. The Morgan fingerprint density at radius 2 is 1.82 bits per heavy atom. The zero-order valence-electron chi connectivity index (χ0n) is 22.1. The molecule has 1 unspecified atom stereocenters. The molecule has 0 bridgehead atoms. The maximum atomic E-state index is 14.1. The molecular weight excluding hydrogens is 599 g/mol. The first-order valence-electron chi connectivity index (χ1n) is 12.8. The fourth-order valence-corrected chi connectivity index (χ4v) is 4.98. The molecule has 1 amide bonds. The normalized spacial score (nSPS) is 16.8. The minimum atomic E-state index is -4.90. The largest absolute Gasteiger partial charge is 0.586 e. The van der Waals surface area contributed by atoms with E-state index in [0.717, 1.165) is 27.6 Å². The van der Waals surface area contributed by atoms with Gasteiger partial charge in [0.15, 0.2) is 17.2 Å². The Hall–Kier alpha value is -5.25. The highest BCUT2D eigenvalue weighted by Gasteiger charge is 2.44. The van der Waals surface area contributed by atoms with Gasteiger partial charge in [-0.15, -0.1) is 8.78 Å². The summed E-state index contributed by atoms with van der Waals surface area (Å²) in [6, 6.07) is 10.4. The SMILES string of the molecule is O=C(O)c1ccc(=O)n(C2COCc3c(C(F)(F)F)nn(-c4cccc(C(=O)NCc5ccc6c(c5)OC(F)(F)O6)c4)c32)c1. The summed E-state index contributed by atoms with van der Waals surface area (Å²) >= 11 is 0. The molecule has 2 aliphatic heterocycles. The number of halogens is 5. The lowest BCUT2D eigenvalue weighted by Gasteiger charge is -2.27. The van der Waals surface area contributed by atoms with Crippen molar-refractivity contribution < 1.29 is 50.9 Å². The van der Waals surface area contributed by atoms with Crippen molar-refractivity contribution in [3.63, 3.8) is 0 Å². The van der Waals surface area contributed by atoms with Crippen LogP contribution in [0.25, 0.3) is 5.69 Å². The number of nitrogens with one attached hydrogen (secondary N) is 1. The fourth-order valence-electron chi connectivity index (χ4n) is 4.98. The molecule has 0 radical (unpaired) electrons. The van der Waals surface area contributed by atoms with Crippen LogP contribution in [0.1, 0.15) is 49.3 Å². The average molecular weight is 618 g/mol. The Balaban J connectivity index is 1.34. The molecule has 11 nitrogen and oxygen atoms in total. The third kappa shape index (κ3) is 5.34. The molecule has 2 aromatic carbocycles. The van der Waals surface area contributed by atoms with E-state index in [9.17, 15) is 41.4 Å². The summed E-state index contributed by atoms with van der Waals surface area (Å²) in [6.07, 6.45) is -7.70. The van der Waals surface area contributed by atoms with Gasteiger partial charge in [0.1, 0.15) is 6.04 Å². The molecule has 16 heteroatoms.